The molecule has 0 fully saturated rings. The van der Waals surface area contributed by atoms with E-state index in [1.807, 2.05) is 31.2 Å². The fourth-order valence-electron chi connectivity index (χ4n) is 2.02. The lowest BCUT2D eigenvalue weighted by Gasteiger charge is -2.20. The fourth-order valence-corrected chi connectivity index (χ4v) is 3.34. The van der Waals surface area contributed by atoms with Crippen molar-refractivity contribution in [2.45, 2.75) is 30.0 Å². The predicted octanol–water partition coefficient (Wildman–Crippen LogP) is 3.47. The molecule has 5 heteroatoms. The molecule has 0 aliphatic heterocycles. The summed E-state index contributed by atoms with van der Waals surface area (Å²) >= 11 is 0. The normalized spacial score (nSPS) is 15.5. The first kappa shape index (κ1) is 15.8. The Bertz CT molecular complexity index is 658. The molecule has 0 bridgehead atoms. The van der Waals surface area contributed by atoms with Crippen LogP contribution in [0.3, 0.4) is 0 Å². The highest BCUT2D eigenvalue weighted by molar-refractivity contribution is 7.85. The van der Waals surface area contributed by atoms with E-state index >= 15 is 0 Å². The molecule has 2 aromatic rings. The van der Waals surface area contributed by atoms with Crippen LogP contribution in [0.4, 0.5) is 8.78 Å². The van der Waals surface area contributed by atoms with E-state index in [2.05, 4.69) is 0 Å². The lowest BCUT2D eigenvalue weighted by molar-refractivity contribution is 0.568. The molecule has 2 aromatic carbocycles. The van der Waals surface area contributed by atoms with E-state index in [1.54, 1.807) is 6.92 Å². The van der Waals surface area contributed by atoms with Crippen LogP contribution in [-0.4, -0.2) is 9.46 Å². The van der Waals surface area contributed by atoms with Crippen LogP contribution in [0.1, 0.15) is 24.1 Å². The molecule has 21 heavy (non-hydrogen) atoms. The summed E-state index contributed by atoms with van der Waals surface area (Å²) in [6.45, 7) is 3.63. The van der Waals surface area contributed by atoms with Crippen LogP contribution in [0, 0.1) is 18.6 Å². The van der Waals surface area contributed by atoms with E-state index in [-0.39, 0.29) is 4.90 Å². The Morgan fingerprint density at radius 2 is 1.71 bits per heavy atom. The third kappa shape index (κ3) is 3.54. The summed E-state index contributed by atoms with van der Waals surface area (Å²) in [4.78, 5) is -0.148. The average Bonchev–Trinajstić information content (AvgIpc) is 2.48. The highest BCUT2D eigenvalue weighted by Gasteiger charge is 2.24. The molecule has 0 saturated heterocycles. The summed E-state index contributed by atoms with van der Waals surface area (Å²) in [6, 6.07) is 9.96. The second-order valence-electron chi connectivity index (χ2n) is 5.01. The predicted molar refractivity (Wildman–Crippen MR) is 80.3 cm³/mol. The van der Waals surface area contributed by atoms with Crippen LogP contribution in [0.5, 0.6) is 0 Å². The van der Waals surface area contributed by atoms with E-state index in [4.69, 9.17) is 5.73 Å². The van der Waals surface area contributed by atoms with Gasteiger partial charge in [0.2, 0.25) is 0 Å². The number of nitrogens with two attached hydrogens (primary N) is 1. The third-order valence-corrected chi connectivity index (χ3v) is 5.13. The van der Waals surface area contributed by atoms with Gasteiger partial charge in [0.05, 0.1) is 20.9 Å². The van der Waals surface area contributed by atoms with Gasteiger partial charge >= 0.3 is 0 Å². The second kappa shape index (κ2) is 6.45. The third-order valence-electron chi connectivity index (χ3n) is 3.42. The lowest BCUT2D eigenvalue weighted by Crippen LogP contribution is -2.28. The van der Waals surface area contributed by atoms with E-state index in [1.165, 1.54) is 0 Å². The molecule has 0 aromatic heterocycles. The molecule has 0 aliphatic rings. The van der Waals surface area contributed by atoms with Crippen molar-refractivity contribution in [2.75, 3.05) is 0 Å². The quantitative estimate of drug-likeness (QED) is 0.940. The van der Waals surface area contributed by atoms with Crippen LogP contribution < -0.4 is 5.73 Å². The van der Waals surface area contributed by atoms with E-state index in [0.717, 1.165) is 29.3 Å². The average molecular weight is 309 g/mol. The topological polar surface area (TPSA) is 43.1 Å². The Balaban J connectivity index is 2.26. The number of hydrogen-bond acceptors (Lipinski definition) is 2. The number of aryl methyl sites for hydroxylation is 1. The van der Waals surface area contributed by atoms with Gasteiger partial charge in [-0.25, -0.2) is 8.78 Å². The molecule has 2 nitrogen and oxygen atoms in total. The maximum atomic E-state index is 13.7. The first-order chi connectivity index (χ1) is 9.90. The molecule has 0 heterocycles. The lowest BCUT2D eigenvalue weighted by atomic mass is 10.0. The standard InChI is InChI=1S/C16H17F2NOS/c1-10-3-5-12(6-4-10)16(19)11(2)21(20)15-9-13(17)7-8-14(15)18/h3-9,11,16H,19H2,1-2H3. The van der Waals surface area contributed by atoms with Crippen LogP contribution >= 0.6 is 0 Å². The smallest absolute Gasteiger partial charge is 0.139 e. The molecule has 0 radical (unpaired) electrons. The van der Waals surface area contributed by atoms with Crippen molar-refractivity contribution in [1.29, 1.82) is 0 Å². The molecule has 3 unspecified atom stereocenters. The molecule has 0 aliphatic carbocycles. The van der Waals surface area contributed by atoms with Crippen molar-refractivity contribution in [3.8, 4) is 0 Å². The summed E-state index contributed by atoms with van der Waals surface area (Å²) in [5.41, 5.74) is 8.02. The fraction of sp³-hybridized carbons (Fsp3) is 0.250. The van der Waals surface area contributed by atoms with Crippen LogP contribution in [-0.2, 0) is 10.8 Å². The Hall–Kier alpha value is -1.59. The van der Waals surface area contributed by atoms with Crippen molar-refractivity contribution in [2.24, 2.45) is 5.73 Å². The summed E-state index contributed by atoms with van der Waals surface area (Å²) < 4.78 is 39.3. The summed E-state index contributed by atoms with van der Waals surface area (Å²) in [7, 11) is -1.73. The van der Waals surface area contributed by atoms with Crippen LogP contribution in [0.15, 0.2) is 47.4 Å². The molecular formula is C16H17F2NOS. The largest absolute Gasteiger partial charge is 0.323 e. The second-order valence-corrected chi connectivity index (χ2v) is 6.79. The molecule has 0 amide bonds. The van der Waals surface area contributed by atoms with Gasteiger partial charge in [0.1, 0.15) is 11.6 Å². The zero-order chi connectivity index (χ0) is 15.6. The first-order valence-electron chi connectivity index (χ1n) is 6.58. The summed E-state index contributed by atoms with van der Waals surface area (Å²) in [5.74, 6) is -1.30. The molecule has 112 valence electrons. The van der Waals surface area contributed by atoms with Crippen LogP contribution in [0.2, 0.25) is 0 Å². The van der Waals surface area contributed by atoms with Crippen molar-refractivity contribution < 1.29 is 13.0 Å². The molecule has 2 N–H and O–H groups in total. The van der Waals surface area contributed by atoms with E-state index in [0.29, 0.717) is 0 Å². The van der Waals surface area contributed by atoms with Gasteiger partial charge in [0.15, 0.2) is 0 Å². The van der Waals surface area contributed by atoms with Crippen molar-refractivity contribution >= 4 is 10.8 Å². The van der Waals surface area contributed by atoms with Gasteiger partial charge in [-0.1, -0.05) is 29.8 Å². The number of hydrogen-bond donors (Lipinski definition) is 1. The SMILES string of the molecule is Cc1ccc(C(N)C(C)S(=O)c2cc(F)ccc2F)cc1. The number of halogens is 2. The van der Waals surface area contributed by atoms with Gasteiger partial charge in [-0.3, -0.25) is 4.21 Å². The molecule has 3 atom stereocenters. The minimum absolute atomic E-state index is 0.148. The minimum Gasteiger partial charge on any atom is -0.323 e. The number of benzene rings is 2. The van der Waals surface area contributed by atoms with Gasteiger partial charge in [-0.2, -0.15) is 0 Å². The first-order valence-corrected chi connectivity index (χ1v) is 7.79. The minimum atomic E-state index is -1.73. The van der Waals surface area contributed by atoms with Gasteiger partial charge in [0, 0.05) is 6.04 Å². The van der Waals surface area contributed by atoms with Gasteiger partial charge in [-0.15, -0.1) is 0 Å². The monoisotopic (exact) mass is 309 g/mol. The molecule has 0 spiro atoms. The van der Waals surface area contributed by atoms with E-state index in [9.17, 15) is 13.0 Å². The summed E-state index contributed by atoms with van der Waals surface area (Å²) in [6.07, 6.45) is 0. The maximum absolute atomic E-state index is 13.7. The maximum Gasteiger partial charge on any atom is 0.139 e. The van der Waals surface area contributed by atoms with Gasteiger partial charge in [-0.05, 0) is 37.6 Å². The van der Waals surface area contributed by atoms with E-state index < -0.39 is 33.7 Å². The molecular weight excluding hydrogens is 292 g/mol. The highest BCUT2D eigenvalue weighted by Crippen LogP contribution is 2.24. The Kier molecular flexibility index (Phi) is 4.85. The number of rotatable bonds is 4. The van der Waals surface area contributed by atoms with Gasteiger partial charge in [0.25, 0.3) is 0 Å². The highest BCUT2D eigenvalue weighted by atomic mass is 32.2. The van der Waals surface area contributed by atoms with Crippen LogP contribution in [0.25, 0.3) is 0 Å². The zero-order valence-corrected chi connectivity index (χ0v) is 12.7. The van der Waals surface area contributed by atoms with Crippen molar-refractivity contribution in [3.05, 3.63) is 65.2 Å². The van der Waals surface area contributed by atoms with Gasteiger partial charge < -0.3 is 5.73 Å². The Labute approximate surface area is 125 Å². The molecule has 0 saturated carbocycles. The molecule has 2 rings (SSSR count). The van der Waals surface area contributed by atoms with Crippen molar-refractivity contribution in [1.82, 2.24) is 0 Å². The summed E-state index contributed by atoms with van der Waals surface area (Å²) in [5, 5.41) is -0.538. The Morgan fingerprint density at radius 3 is 2.33 bits per heavy atom. The van der Waals surface area contributed by atoms with Crippen molar-refractivity contribution in [3.63, 3.8) is 0 Å². The zero-order valence-electron chi connectivity index (χ0n) is 11.8. The Morgan fingerprint density at radius 1 is 1.10 bits per heavy atom.